The van der Waals surface area contributed by atoms with E-state index in [9.17, 15) is 0 Å². The second-order valence-corrected chi connectivity index (χ2v) is 5.93. The van der Waals surface area contributed by atoms with Crippen LogP contribution in [0.15, 0.2) is 28.7 Å². The molecule has 3 heteroatoms. The van der Waals surface area contributed by atoms with Crippen LogP contribution in [0, 0.1) is 0 Å². The third kappa shape index (κ3) is 3.81. The monoisotopic (exact) mass is 312 g/mol. The van der Waals surface area contributed by atoms with E-state index in [0.717, 1.165) is 30.4 Å². The van der Waals surface area contributed by atoms with Gasteiger partial charge in [-0.2, -0.15) is 0 Å². The molecule has 2 nitrogen and oxygen atoms in total. The lowest BCUT2D eigenvalue weighted by atomic mass is 9.88. The predicted molar refractivity (Wildman–Crippen MR) is 82.6 cm³/mol. The minimum atomic E-state index is 0.141. The van der Waals surface area contributed by atoms with Crippen LogP contribution in [0.1, 0.15) is 38.7 Å². The third-order valence-electron chi connectivity index (χ3n) is 3.90. The summed E-state index contributed by atoms with van der Waals surface area (Å²) in [6.45, 7) is 6.15. The standard InChI is InChI=1S/C15H25BrN2/c1-4-10-15(5-2,12-17)18(3)11-13-6-8-14(16)9-7-13/h6-9H,4-5,10-12,17H2,1-3H3. The van der Waals surface area contributed by atoms with Crippen molar-refractivity contribution in [2.45, 2.75) is 45.2 Å². The van der Waals surface area contributed by atoms with Gasteiger partial charge in [0.25, 0.3) is 0 Å². The lowest BCUT2D eigenvalue weighted by Crippen LogP contribution is -2.51. The Kier molecular flexibility index (Phi) is 6.33. The van der Waals surface area contributed by atoms with Gasteiger partial charge in [-0.25, -0.2) is 0 Å². The summed E-state index contributed by atoms with van der Waals surface area (Å²) in [6.07, 6.45) is 3.44. The summed E-state index contributed by atoms with van der Waals surface area (Å²) < 4.78 is 1.13. The molecule has 0 spiro atoms. The van der Waals surface area contributed by atoms with E-state index >= 15 is 0 Å². The normalized spacial score (nSPS) is 14.8. The van der Waals surface area contributed by atoms with Crippen LogP contribution in [0.5, 0.6) is 0 Å². The van der Waals surface area contributed by atoms with Crippen molar-refractivity contribution < 1.29 is 0 Å². The molecule has 1 aromatic rings. The van der Waals surface area contributed by atoms with E-state index in [2.05, 4.69) is 66.0 Å². The van der Waals surface area contributed by atoms with Crippen molar-refractivity contribution in [2.24, 2.45) is 5.73 Å². The highest BCUT2D eigenvalue weighted by Crippen LogP contribution is 2.25. The Morgan fingerprint density at radius 2 is 1.83 bits per heavy atom. The average molecular weight is 313 g/mol. The van der Waals surface area contributed by atoms with Crippen molar-refractivity contribution in [2.75, 3.05) is 13.6 Å². The van der Waals surface area contributed by atoms with E-state index in [4.69, 9.17) is 5.73 Å². The number of hydrogen-bond acceptors (Lipinski definition) is 2. The molecule has 1 rings (SSSR count). The summed E-state index contributed by atoms with van der Waals surface area (Å²) in [7, 11) is 2.19. The van der Waals surface area contributed by atoms with Gasteiger partial charge >= 0.3 is 0 Å². The van der Waals surface area contributed by atoms with Gasteiger partial charge in [0, 0.05) is 23.1 Å². The molecule has 102 valence electrons. The number of nitrogens with zero attached hydrogens (tertiary/aromatic N) is 1. The van der Waals surface area contributed by atoms with E-state index in [1.165, 1.54) is 12.0 Å². The average Bonchev–Trinajstić information content (AvgIpc) is 2.38. The molecular weight excluding hydrogens is 288 g/mol. The molecule has 0 aliphatic heterocycles. The van der Waals surface area contributed by atoms with Gasteiger partial charge in [0.1, 0.15) is 0 Å². The minimum Gasteiger partial charge on any atom is -0.329 e. The Labute approximate surface area is 120 Å². The molecule has 0 saturated carbocycles. The van der Waals surface area contributed by atoms with Gasteiger partial charge in [-0.05, 0) is 37.6 Å². The zero-order chi connectivity index (χ0) is 13.6. The van der Waals surface area contributed by atoms with Crippen LogP contribution in [0.25, 0.3) is 0 Å². The quantitative estimate of drug-likeness (QED) is 0.830. The van der Waals surface area contributed by atoms with E-state index in [1.54, 1.807) is 0 Å². The van der Waals surface area contributed by atoms with Crippen LogP contribution in [0.4, 0.5) is 0 Å². The molecule has 0 heterocycles. The summed E-state index contributed by atoms with van der Waals surface area (Å²) in [5, 5.41) is 0. The van der Waals surface area contributed by atoms with Gasteiger partial charge in [0.05, 0.1) is 0 Å². The number of halogens is 1. The fraction of sp³-hybridized carbons (Fsp3) is 0.600. The van der Waals surface area contributed by atoms with E-state index in [1.807, 2.05) is 0 Å². The molecule has 1 unspecified atom stereocenters. The molecule has 0 aliphatic carbocycles. The molecule has 0 saturated heterocycles. The van der Waals surface area contributed by atoms with E-state index in [-0.39, 0.29) is 5.54 Å². The van der Waals surface area contributed by atoms with Crippen molar-refractivity contribution in [3.8, 4) is 0 Å². The number of likely N-dealkylation sites (N-methyl/N-ethyl adjacent to an activating group) is 1. The van der Waals surface area contributed by atoms with Gasteiger partial charge in [-0.3, -0.25) is 4.90 Å². The first-order valence-electron chi connectivity index (χ1n) is 6.73. The van der Waals surface area contributed by atoms with Crippen molar-refractivity contribution in [3.63, 3.8) is 0 Å². The van der Waals surface area contributed by atoms with Crippen LogP contribution in [0.3, 0.4) is 0 Å². The first kappa shape index (κ1) is 15.7. The molecule has 0 amide bonds. The predicted octanol–water partition coefficient (Wildman–Crippen LogP) is 3.79. The van der Waals surface area contributed by atoms with E-state index in [0.29, 0.717) is 0 Å². The number of rotatable bonds is 7. The largest absolute Gasteiger partial charge is 0.329 e. The maximum Gasteiger partial charge on any atom is 0.0329 e. The Bertz CT molecular complexity index is 344. The molecular formula is C15H25BrN2. The Balaban J connectivity index is 2.77. The zero-order valence-corrected chi connectivity index (χ0v) is 13.3. The molecule has 0 radical (unpaired) electrons. The first-order valence-corrected chi connectivity index (χ1v) is 7.53. The number of nitrogens with two attached hydrogens (primary N) is 1. The van der Waals surface area contributed by atoms with Crippen molar-refractivity contribution in [1.29, 1.82) is 0 Å². The van der Waals surface area contributed by atoms with Gasteiger partial charge in [0.2, 0.25) is 0 Å². The SMILES string of the molecule is CCCC(CC)(CN)N(C)Cc1ccc(Br)cc1. The summed E-state index contributed by atoms with van der Waals surface area (Å²) in [4.78, 5) is 2.42. The highest BCUT2D eigenvalue weighted by Gasteiger charge is 2.30. The minimum absolute atomic E-state index is 0.141. The van der Waals surface area contributed by atoms with Crippen LogP contribution in [0.2, 0.25) is 0 Å². The van der Waals surface area contributed by atoms with Crippen LogP contribution in [-0.2, 0) is 6.54 Å². The summed E-state index contributed by atoms with van der Waals surface area (Å²) >= 11 is 3.47. The Morgan fingerprint density at radius 3 is 2.28 bits per heavy atom. The highest BCUT2D eigenvalue weighted by atomic mass is 79.9. The topological polar surface area (TPSA) is 29.3 Å². The van der Waals surface area contributed by atoms with Crippen LogP contribution < -0.4 is 5.73 Å². The summed E-state index contributed by atoms with van der Waals surface area (Å²) in [6, 6.07) is 8.53. The fourth-order valence-corrected chi connectivity index (χ4v) is 2.80. The Hall–Kier alpha value is -0.380. The summed E-state index contributed by atoms with van der Waals surface area (Å²) in [5.41, 5.74) is 7.51. The van der Waals surface area contributed by atoms with Crippen molar-refractivity contribution >= 4 is 15.9 Å². The van der Waals surface area contributed by atoms with Gasteiger partial charge in [-0.15, -0.1) is 0 Å². The molecule has 18 heavy (non-hydrogen) atoms. The third-order valence-corrected chi connectivity index (χ3v) is 4.42. The van der Waals surface area contributed by atoms with Crippen LogP contribution >= 0.6 is 15.9 Å². The molecule has 0 aromatic heterocycles. The van der Waals surface area contributed by atoms with Gasteiger partial charge in [-0.1, -0.05) is 48.3 Å². The second kappa shape index (κ2) is 7.27. The zero-order valence-electron chi connectivity index (χ0n) is 11.7. The van der Waals surface area contributed by atoms with Crippen molar-refractivity contribution in [3.05, 3.63) is 34.3 Å². The van der Waals surface area contributed by atoms with E-state index < -0.39 is 0 Å². The second-order valence-electron chi connectivity index (χ2n) is 5.01. The molecule has 0 aliphatic rings. The fourth-order valence-electron chi connectivity index (χ4n) is 2.54. The smallest absolute Gasteiger partial charge is 0.0329 e. The lowest BCUT2D eigenvalue weighted by Gasteiger charge is -2.41. The number of hydrogen-bond donors (Lipinski definition) is 1. The maximum absolute atomic E-state index is 6.03. The molecule has 0 bridgehead atoms. The van der Waals surface area contributed by atoms with Gasteiger partial charge < -0.3 is 5.73 Å². The first-order chi connectivity index (χ1) is 8.57. The molecule has 2 N–H and O–H groups in total. The Morgan fingerprint density at radius 1 is 1.22 bits per heavy atom. The van der Waals surface area contributed by atoms with Gasteiger partial charge in [0.15, 0.2) is 0 Å². The molecule has 0 fully saturated rings. The van der Waals surface area contributed by atoms with Crippen LogP contribution in [-0.4, -0.2) is 24.0 Å². The highest BCUT2D eigenvalue weighted by molar-refractivity contribution is 9.10. The lowest BCUT2D eigenvalue weighted by molar-refractivity contribution is 0.102. The number of benzene rings is 1. The molecule has 1 atom stereocenters. The maximum atomic E-state index is 6.03. The van der Waals surface area contributed by atoms with Crippen molar-refractivity contribution in [1.82, 2.24) is 4.90 Å². The molecule has 1 aromatic carbocycles. The summed E-state index contributed by atoms with van der Waals surface area (Å²) in [5.74, 6) is 0.